The summed E-state index contributed by atoms with van der Waals surface area (Å²) in [5, 5.41) is 12.5. The van der Waals surface area contributed by atoms with Crippen LogP contribution in [-0.4, -0.2) is 53.2 Å². The van der Waals surface area contributed by atoms with Crippen LogP contribution in [0.4, 0.5) is 0 Å². The van der Waals surface area contributed by atoms with Gasteiger partial charge in [0.05, 0.1) is 18.3 Å². The third-order valence-corrected chi connectivity index (χ3v) is 4.22. The second-order valence-corrected chi connectivity index (χ2v) is 6.18. The lowest BCUT2D eigenvalue weighted by molar-refractivity contribution is -0.0342. The maximum atomic E-state index is 12.0. The molecule has 2 heterocycles. The Labute approximate surface area is 147 Å². The van der Waals surface area contributed by atoms with Gasteiger partial charge < -0.3 is 15.2 Å². The number of ether oxygens (including phenoxy) is 1. The molecule has 1 aromatic carbocycles. The van der Waals surface area contributed by atoms with Crippen molar-refractivity contribution in [2.24, 2.45) is 0 Å². The number of phenolic OH excluding ortho intramolecular Hbond substituents is 1. The number of hydrogen-bond acceptors (Lipinski definition) is 5. The summed E-state index contributed by atoms with van der Waals surface area (Å²) in [5.41, 5.74) is 1.66. The Kier molecular flexibility index (Phi) is 5.98. The van der Waals surface area contributed by atoms with Gasteiger partial charge in [0.15, 0.2) is 0 Å². The summed E-state index contributed by atoms with van der Waals surface area (Å²) >= 11 is 0. The molecule has 0 bridgehead atoms. The number of aromatic nitrogens is 1. The molecule has 25 heavy (non-hydrogen) atoms. The number of nitrogens with one attached hydrogen (secondary N) is 1. The van der Waals surface area contributed by atoms with Crippen LogP contribution in [0.5, 0.6) is 5.75 Å². The highest BCUT2D eigenvalue weighted by Gasteiger charge is 2.20. The number of phenols is 1. The SMILES string of the molecule is O=C(NCCC1CN(Cc2cccc(O)c2)CCO1)c1cccnc1. The fourth-order valence-corrected chi connectivity index (χ4v) is 2.96. The molecule has 1 aliphatic rings. The third kappa shape index (κ3) is 5.27. The Bertz CT molecular complexity index is 693. The second kappa shape index (κ2) is 8.60. The molecule has 1 saturated heterocycles. The Morgan fingerprint density at radius 3 is 3.08 bits per heavy atom. The van der Waals surface area contributed by atoms with Crippen LogP contribution in [0.15, 0.2) is 48.8 Å². The largest absolute Gasteiger partial charge is 0.508 e. The molecule has 6 nitrogen and oxygen atoms in total. The number of aromatic hydroxyl groups is 1. The predicted octanol–water partition coefficient (Wildman–Crippen LogP) is 1.81. The van der Waals surface area contributed by atoms with Gasteiger partial charge in [0.1, 0.15) is 5.75 Å². The number of carbonyl (C=O) groups is 1. The number of hydrogen-bond donors (Lipinski definition) is 2. The number of amides is 1. The van der Waals surface area contributed by atoms with E-state index in [1.807, 2.05) is 12.1 Å². The summed E-state index contributed by atoms with van der Waals surface area (Å²) in [7, 11) is 0. The first-order valence-corrected chi connectivity index (χ1v) is 8.51. The van der Waals surface area contributed by atoms with Gasteiger partial charge >= 0.3 is 0 Å². The standard InChI is InChI=1S/C19H23N3O3/c23-17-5-1-3-15(11-17)13-22-9-10-25-18(14-22)6-8-21-19(24)16-4-2-7-20-12-16/h1-5,7,11-12,18,23H,6,8-10,13-14H2,(H,21,24). The van der Waals surface area contributed by atoms with Crippen molar-refractivity contribution in [2.75, 3.05) is 26.2 Å². The van der Waals surface area contributed by atoms with Gasteiger partial charge in [-0.25, -0.2) is 0 Å². The molecule has 1 unspecified atom stereocenters. The molecule has 0 aliphatic carbocycles. The lowest BCUT2D eigenvalue weighted by Gasteiger charge is -2.33. The molecule has 1 aliphatic heterocycles. The Morgan fingerprint density at radius 2 is 2.28 bits per heavy atom. The van der Waals surface area contributed by atoms with Gasteiger partial charge in [-0.1, -0.05) is 12.1 Å². The molecule has 0 spiro atoms. The van der Waals surface area contributed by atoms with E-state index in [0.29, 0.717) is 24.5 Å². The summed E-state index contributed by atoms with van der Waals surface area (Å²) in [6.45, 7) is 3.72. The Balaban J connectivity index is 1.43. The van der Waals surface area contributed by atoms with E-state index in [-0.39, 0.29) is 12.0 Å². The van der Waals surface area contributed by atoms with Crippen LogP contribution < -0.4 is 5.32 Å². The minimum atomic E-state index is -0.111. The molecule has 3 rings (SSSR count). The van der Waals surface area contributed by atoms with Crippen molar-refractivity contribution in [2.45, 2.75) is 19.1 Å². The molecule has 132 valence electrons. The van der Waals surface area contributed by atoms with E-state index in [2.05, 4.69) is 15.2 Å². The number of carbonyl (C=O) groups excluding carboxylic acids is 1. The van der Waals surface area contributed by atoms with Crippen molar-refractivity contribution in [1.82, 2.24) is 15.2 Å². The average Bonchev–Trinajstić information content (AvgIpc) is 2.63. The maximum absolute atomic E-state index is 12.0. The molecular weight excluding hydrogens is 318 g/mol. The molecule has 1 aromatic heterocycles. The van der Waals surface area contributed by atoms with Crippen LogP contribution in [0.25, 0.3) is 0 Å². The molecule has 1 atom stereocenters. The summed E-state index contributed by atoms with van der Waals surface area (Å²) in [5.74, 6) is 0.181. The fourth-order valence-electron chi connectivity index (χ4n) is 2.96. The van der Waals surface area contributed by atoms with Crippen LogP contribution in [0.1, 0.15) is 22.3 Å². The van der Waals surface area contributed by atoms with E-state index >= 15 is 0 Å². The number of morpholine rings is 1. The Morgan fingerprint density at radius 1 is 1.36 bits per heavy atom. The van der Waals surface area contributed by atoms with E-state index in [1.165, 1.54) is 0 Å². The molecular formula is C19H23N3O3. The highest BCUT2D eigenvalue weighted by atomic mass is 16.5. The molecule has 1 amide bonds. The van der Waals surface area contributed by atoms with Gasteiger partial charge in [-0.05, 0) is 36.2 Å². The maximum Gasteiger partial charge on any atom is 0.252 e. The van der Waals surface area contributed by atoms with Crippen LogP contribution in [0, 0.1) is 0 Å². The zero-order valence-corrected chi connectivity index (χ0v) is 14.1. The van der Waals surface area contributed by atoms with Gasteiger partial charge in [0.25, 0.3) is 5.91 Å². The number of rotatable bonds is 6. The Hall–Kier alpha value is -2.44. The molecule has 1 fully saturated rings. The monoisotopic (exact) mass is 341 g/mol. The number of nitrogens with zero attached hydrogens (tertiary/aromatic N) is 2. The molecule has 0 radical (unpaired) electrons. The minimum absolute atomic E-state index is 0.0975. The molecule has 0 saturated carbocycles. The molecule has 2 aromatic rings. The van der Waals surface area contributed by atoms with E-state index in [4.69, 9.17) is 4.74 Å². The van der Waals surface area contributed by atoms with E-state index < -0.39 is 0 Å². The molecule has 2 N–H and O–H groups in total. The van der Waals surface area contributed by atoms with Crippen molar-refractivity contribution in [1.29, 1.82) is 0 Å². The third-order valence-electron chi connectivity index (χ3n) is 4.22. The normalized spacial score (nSPS) is 18.0. The lowest BCUT2D eigenvalue weighted by Crippen LogP contribution is -2.43. The van der Waals surface area contributed by atoms with E-state index in [9.17, 15) is 9.90 Å². The van der Waals surface area contributed by atoms with E-state index in [0.717, 1.165) is 31.6 Å². The van der Waals surface area contributed by atoms with Crippen LogP contribution in [-0.2, 0) is 11.3 Å². The summed E-state index contributed by atoms with van der Waals surface area (Å²) in [4.78, 5) is 18.3. The van der Waals surface area contributed by atoms with Gasteiger partial charge in [-0.15, -0.1) is 0 Å². The quantitative estimate of drug-likeness (QED) is 0.838. The summed E-state index contributed by atoms with van der Waals surface area (Å²) < 4.78 is 5.80. The van der Waals surface area contributed by atoms with Crippen molar-refractivity contribution in [3.63, 3.8) is 0 Å². The first kappa shape index (κ1) is 17.4. The second-order valence-electron chi connectivity index (χ2n) is 6.18. The van der Waals surface area contributed by atoms with Gasteiger partial charge in [-0.3, -0.25) is 14.7 Å². The van der Waals surface area contributed by atoms with Gasteiger partial charge in [0.2, 0.25) is 0 Å². The van der Waals surface area contributed by atoms with Crippen molar-refractivity contribution >= 4 is 5.91 Å². The number of pyridine rings is 1. The predicted molar refractivity (Wildman–Crippen MR) is 94.3 cm³/mol. The zero-order chi connectivity index (χ0) is 17.5. The summed E-state index contributed by atoms with van der Waals surface area (Å²) in [6, 6.07) is 10.8. The van der Waals surface area contributed by atoms with Crippen LogP contribution in [0.3, 0.4) is 0 Å². The number of benzene rings is 1. The van der Waals surface area contributed by atoms with Crippen molar-refractivity contribution in [3.05, 3.63) is 59.9 Å². The first-order valence-electron chi connectivity index (χ1n) is 8.51. The van der Waals surface area contributed by atoms with E-state index in [1.54, 1.807) is 36.7 Å². The highest BCUT2D eigenvalue weighted by Crippen LogP contribution is 2.16. The van der Waals surface area contributed by atoms with Crippen molar-refractivity contribution < 1.29 is 14.6 Å². The topological polar surface area (TPSA) is 74.7 Å². The first-order chi connectivity index (χ1) is 12.2. The minimum Gasteiger partial charge on any atom is -0.508 e. The van der Waals surface area contributed by atoms with Crippen molar-refractivity contribution in [3.8, 4) is 5.75 Å². The van der Waals surface area contributed by atoms with Crippen LogP contribution in [0.2, 0.25) is 0 Å². The smallest absolute Gasteiger partial charge is 0.252 e. The summed E-state index contributed by atoms with van der Waals surface area (Å²) in [6.07, 6.45) is 4.07. The lowest BCUT2D eigenvalue weighted by atomic mass is 10.1. The van der Waals surface area contributed by atoms with Gasteiger partial charge in [-0.2, -0.15) is 0 Å². The average molecular weight is 341 g/mol. The zero-order valence-electron chi connectivity index (χ0n) is 14.1. The highest BCUT2D eigenvalue weighted by molar-refractivity contribution is 5.93. The van der Waals surface area contributed by atoms with Crippen LogP contribution >= 0.6 is 0 Å². The van der Waals surface area contributed by atoms with Gasteiger partial charge in [0, 0.05) is 38.6 Å². The molecule has 6 heteroatoms. The fraction of sp³-hybridized carbons (Fsp3) is 0.368.